The lowest BCUT2D eigenvalue weighted by Crippen LogP contribution is -2.54. The first-order valence-electron chi connectivity index (χ1n) is 8.08. The molecule has 0 aliphatic carbocycles. The molecule has 10 heteroatoms. The van der Waals surface area contributed by atoms with Gasteiger partial charge in [-0.05, 0) is 48.1 Å². The Kier molecular flexibility index (Phi) is 6.17. The first-order chi connectivity index (χ1) is 13.8. The predicted molar refractivity (Wildman–Crippen MR) is 112 cm³/mol. The van der Waals surface area contributed by atoms with Crippen LogP contribution < -0.4 is 15.0 Å². The Bertz CT molecular complexity index is 1050. The average molecular weight is 451 g/mol. The van der Waals surface area contributed by atoms with Gasteiger partial charge < -0.3 is 9.84 Å². The van der Waals surface area contributed by atoms with Crippen molar-refractivity contribution in [2.24, 2.45) is 0 Å². The number of nitrogens with one attached hydrogen (secondary N) is 1. The molecule has 0 aromatic heterocycles. The maximum absolute atomic E-state index is 13.0. The lowest BCUT2D eigenvalue weighted by atomic mass is 10.1. The molecule has 2 N–H and O–H groups in total. The Hall–Kier alpha value is -2.94. The van der Waals surface area contributed by atoms with Gasteiger partial charge in [-0.3, -0.25) is 19.8 Å². The van der Waals surface area contributed by atoms with Crippen LogP contribution in [0.25, 0.3) is 6.08 Å². The Morgan fingerprint density at radius 2 is 1.86 bits per heavy atom. The van der Waals surface area contributed by atoms with E-state index in [1.807, 2.05) is 0 Å². The molecular weight excluding hydrogens is 439 g/mol. The summed E-state index contributed by atoms with van der Waals surface area (Å²) >= 11 is 17.3. The Morgan fingerprint density at radius 1 is 1.17 bits per heavy atom. The second kappa shape index (κ2) is 8.60. The van der Waals surface area contributed by atoms with Crippen LogP contribution in [0.15, 0.2) is 48.0 Å². The minimum atomic E-state index is -1.10. The number of carbonyl (C=O) groups excluding carboxylic acids is 2. The summed E-state index contributed by atoms with van der Waals surface area (Å²) in [5.41, 5.74) is 0.613. The Labute approximate surface area is 180 Å². The number of anilines is 1. The van der Waals surface area contributed by atoms with E-state index in [-0.39, 0.29) is 26.4 Å². The van der Waals surface area contributed by atoms with Crippen molar-refractivity contribution in [2.75, 3.05) is 11.5 Å². The SMILES string of the molecule is O=C(O)COc1ccc(C=C2C(=O)NC(=S)N(c3cccc(Cl)c3Cl)C2=O)cc1. The average Bonchev–Trinajstić information content (AvgIpc) is 2.67. The fourth-order valence-electron chi connectivity index (χ4n) is 2.51. The van der Waals surface area contributed by atoms with E-state index in [9.17, 15) is 14.4 Å². The molecular formula is C19H12Cl2N2O5S. The van der Waals surface area contributed by atoms with Crippen molar-refractivity contribution in [3.63, 3.8) is 0 Å². The summed E-state index contributed by atoms with van der Waals surface area (Å²) < 4.78 is 5.05. The van der Waals surface area contributed by atoms with Crippen molar-refractivity contribution in [1.82, 2.24) is 5.32 Å². The number of carboxylic acids is 1. The van der Waals surface area contributed by atoms with Crippen LogP contribution in [-0.2, 0) is 14.4 Å². The zero-order chi connectivity index (χ0) is 21.1. The zero-order valence-corrected chi connectivity index (χ0v) is 16.8. The summed E-state index contributed by atoms with van der Waals surface area (Å²) in [6.45, 7) is -0.478. The van der Waals surface area contributed by atoms with Crippen LogP contribution in [0.3, 0.4) is 0 Å². The molecule has 0 spiro atoms. The van der Waals surface area contributed by atoms with Gasteiger partial charge in [-0.1, -0.05) is 41.4 Å². The molecule has 148 valence electrons. The number of benzene rings is 2. The van der Waals surface area contributed by atoms with Gasteiger partial charge in [0.05, 0.1) is 15.7 Å². The molecule has 1 aliphatic heterocycles. The number of hydrogen-bond acceptors (Lipinski definition) is 5. The van der Waals surface area contributed by atoms with Crippen LogP contribution in [0.5, 0.6) is 5.75 Å². The standard InChI is InChI=1S/C19H12Cl2N2O5S/c20-13-2-1-3-14(16(13)21)23-18(27)12(17(26)22-19(23)29)8-10-4-6-11(7-5-10)28-9-15(24)25/h1-8H,9H2,(H,24,25)(H,22,26,29). The second-order valence-corrected chi connectivity index (χ2v) is 6.95. The second-order valence-electron chi connectivity index (χ2n) is 5.78. The van der Waals surface area contributed by atoms with Gasteiger partial charge in [-0.15, -0.1) is 0 Å². The molecule has 0 saturated carbocycles. The van der Waals surface area contributed by atoms with E-state index in [2.05, 4.69) is 5.32 Å². The van der Waals surface area contributed by atoms with Crippen molar-refractivity contribution in [3.8, 4) is 5.75 Å². The van der Waals surface area contributed by atoms with Gasteiger partial charge in [0.15, 0.2) is 11.7 Å². The van der Waals surface area contributed by atoms with Crippen molar-refractivity contribution >= 4 is 70.1 Å². The molecule has 2 aromatic rings. The number of carboxylic acid groups (broad SMARTS) is 1. The van der Waals surface area contributed by atoms with Crippen LogP contribution in [0, 0.1) is 0 Å². The number of ether oxygens (including phenoxy) is 1. The van der Waals surface area contributed by atoms with E-state index in [4.69, 9.17) is 45.3 Å². The van der Waals surface area contributed by atoms with Gasteiger partial charge in [0.1, 0.15) is 11.3 Å². The molecule has 0 radical (unpaired) electrons. The zero-order valence-electron chi connectivity index (χ0n) is 14.5. The number of rotatable bonds is 5. The molecule has 1 saturated heterocycles. The highest BCUT2D eigenvalue weighted by Gasteiger charge is 2.35. The van der Waals surface area contributed by atoms with E-state index < -0.39 is 24.4 Å². The summed E-state index contributed by atoms with van der Waals surface area (Å²) in [4.78, 5) is 36.9. The van der Waals surface area contributed by atoms with Gasteiger partial charge in [0, 0.05) is 0 Å². The quantitative estimate of drug-likeness (QED) is 0.412. The number of thiocarbonyl (C=S) groups is 1. The van der Waals surface area contributed by atoms with E-state index in [1.165, 1.54) is 18.2 Å². The molecule has 2 amide bonds. The fraction of sp³-hybridized carbons (Fsp3) is 0.0526. The minimum absolute atomic E-state index is 0.112. The van der Waals surface area contributed by atoms with Crippen LogP contribution in [0.2, 0.25) is 10.0 Å². The van der Waals surface area contributed by atoms with E-state index in [1.54, 1.807) is 30.3 Å². The van der Waals surface area contributed by atoms with Gasteiger partial charge in [-0.2, -0.15) is 0 Å². The van der Waals surface area contributed by atoms with Crippen molar-refractivity contribution in [1.29, 1.82) is 0 Å². The molecule has 1 aliphatic rings. The first kappa shape index (κ1) is 20.8. The number of nitrogens with zero attached hydrogens (tertiary/aromatic N) is 1. The summed E-state index contributed by atoms with van der Waals surface area (Å²) in [7, 11) is 0. The minimum Gasteiger partial charge on any atom is -0.482 e. The molecule has 29 heavy (non-hydrogen) atoms. The summed E-state index contributed by atoms with van der Waals surface area (Å²) in [6.07, 6.45) is 1.38. The van der Waals surface area contributed by atoms with Crippen LogP contribution in [0.1, 0.15) is 5.56 Å². The molecule has 0 unspecified atom stereocenters. The highest BCUT2D eigenvalue weighted by Crippen LogP contribution is 2.34. The predicted octanol–water partition coefficient (Wildman–Crippen LogP) is 3.29. The highest BCUT2D eigenvalue weighted by molar-refractivity contribution is 7.80. The molecule has 7 nitrogen and oxygen atoms in total. The molecule has 2 aromatic carbocycles. The van der Waals surface area contributed by atoms with Gasteiger partial charge in [-0.25, -0.2) is 4.79 Å². The van der Waals surface area contributed by atoms with Crippen molar-refractivity contribution < 1.29 is 24.2 Å². The lowest BCUT2D eigenvalue weighted by Gasteiger charge is -2.29. The summed E-state index contributed by atoms with van der Waals surface area (Å²) in [5, 5.41) is 11.3. The molecule has 3 rings (SSSR count). The van der Waals surface area contributed by atoms with Gasteiger partial charge in [0.2, 0.25) is 0 Å². The van der Waals surface area contributed by atoms with E-state index in [0.29, 0.717) is 11.3 Å². The maximum Gasteiger partial charge on any atom is 0.341 e. The number of amides is 2. The van der Waals surface area contributed by atoms with Crippen LogP contribution in [-0.4, -0.2) is 34.6 Å². The monoisotopic (exact) mass is 450 g/mol. The first-order valence-corrected chi connectivity index (χ1v) is 9.24. The largest absolute Gasteiger partial charge is 0.482 e. The molecule has 1 heterocycles. The smallest absolute Gasteiger partial charge is 0.341 e. The summed E-state index contributed by atoms with van der Waals surface area (Å²) in [5.74, 6) is -2.08. The van der Waals surface area contributed by atoms with E-state index >= 15 is 0 Å². The Balaban J connectivity index is 1.91. The highest BCUT2D eigenvalue weighted by atomic mass is 35.5. The number of aliphatic carboxylic acids is 1. The molecule has 0 atom stereocenters. The topological polar surface area (TPSA) is 95.9 Å². The van der Waals surface area contributed by atoms with E-state index in [0.717, 1.165) is 4.90 Å². The Morgan fingerprint density at radius 3 is 2.52 bits per heavy atom. The van der Waals surface area contributed by atoms with Crippen LogP contribution in [0.4, 0.5) is 5.69 Å². The third kappa shape index (κ3) is 4.56. The normalized spacial score (nSPS) is 15.4. The molecule has 0 bridgehead atoms. The van der Waals surface area contributed by atoms with Crippen LogP contribution >= 0.6 is 35.4 Å². The third-order valence-corrected chi connectivity index (χ3v) is 4.92. The fourth-order valence-corrected chi connectivity index (χ4v) is 3.17. The van der Waals surface area contributed by atoms with Gasteiger partial charge in [0.25, 0.3) is 11.8 Å². The van der Waals surface area contributed by atoms with Crippen molar-refractivity contribution in [3.05, 3.63) is 63.6 Å². The maximum atomic E-state index is 13.0. The molecule has 1 fully saturated rings. The number of hydrogen-bond donors (Lipinski definition) is 2. The summed E-state index contributed by atoms with van der Waals surface area (Å²) in [6, 6.07) is 10.9. The third-order valence-electron chi connectivity index (χ3n) is 3.83. The number of halogens is 2. The van der Waals surface area contributed by atoms with Crippen molar-refractivity contribution in [2.45, 2.75) is 0 Å². The lowest BCUT2D eigenvalue weighted by molar-refractivity contribution is -0.139. The van der Waals surface area contributed by atoms with Gasteiger partial charge >= 0.3 is 5.97 Å². The number of carbonyl (C=O) groups is 3.